The summed E-state index contributed by atoms with van der Waals surface area (Å²) in [7, 11) is 1.68. The lowest BCUT2D eigenvalue weighted by molar-refractivity contribution is 0.306. The lowest BCUT2D eigenvalue weighted by Crippen LogP contribution is -2.25. The van der Waals surface area contributed by atoms with Crippen LogP contribution in [0.3, 0.4) is 0 Å². The molecule has 0 atom stereocenters. The molecule has 32 heavy (non-hydrogen) atoms. The summed E-state index contributed by atoms with van der Waals surface area (Å²) in [5.41, 5.74) is 2.81. The highest BCUT2D eigenvalue weighted by atomic mass is 79.9. The Bertz CT molecular complexity index is 1180. The summed E-state index contributed by atoms with van der Waals surface area (Å²) in [5, 5.41) is 5.51. The average Bonchev–Trinajstić information content (AvgIpc) is 3.12. The van der Waals surface area contributed by atoms with Gasteiger partial charge in [-0.25, -0.2) is 9.97 Å². The topological polar surface area (TPSA) is 66.1 Å². The van der Waals surface area contributed by atoms with Crippen molar-refractivity contribution in [3.05, 3.63) is 52.8 Å². The second-order valence-electron chi connectivity index (χ2n) is 7.16. The third kappa shape index (κ3) is 5.64. The molecule has 2 aromatic carbocycles. The van der Waals surface area contributed by atoms with Crippen molar-refractivity contribution in [1.82, 2.24) is 19.9 Å². The predicted octanol–water partition coefficient (Wildman–Crippen LogP) is 6.35. The number of fused-ring (bicyclic) bond motifs is 3. The monoisotopic (exact) mass is 539 g/mol. The van der Waals surface area contributed by atoms with Gasteiger partial charge >= 0.3 is 0 Å². The molecule has 9 heteroatoms. The minimum absolute atomic E-state index is 0. The van der Waals surface area contributed by atoms with Gasteiger partial charge in [0.25, 0.3) is 0 Å². The molecule has 0 saturated carbocycles. The first-order chi connectivity index (χ1) is 14.6. The summed E-state index contributed by atoms with van der Waals surface area (Å²) >= 11 is 3.55. The third-order valence-corrected chi connectivity index (χ3v) is 5.83. The van der Waals surface area contributed by atoms with Gasteiger partial charge in [-0.05, 0) is 49.5 Å². The number of aromatic amines is 1. The number of aromatic nitrogens is 3. The van der Waals surface area contributed by atoms with Gasteiger partial charge in [-0.3, -0.25) is 0 Å². The molecule has 0 fully saturated rings. The van der Waals surface area contributed by atoms with Crippen LogP contribution in [-0.4, -0.2) is 46.6 Å². The van der Waals surface area contributed by atoms with Crippen LogP contribution in [0.25, 0.3) is 21.9 Å². The number of methoxy groups -OCH3 is 1. The van der Waals surface area contributed by atoms with Gasteiger partial charge < -0.3 is 19.9 Å². The first-order valence-corrected chi connectivity index (χ1v) is 11.0. The molecule has 4 aromatic rings. The molecule has 0 aliphatic heterocycles. The number of rotatable bonds is 8. The zero-order valence-corrected chi connectivity index (χ0v) is 21.5. The van der Waals surface area contributed by atoms with Crippen LogP contribution < -0.4 is 10.1 Å². The predicted molar refractivity (Wildman–Crippen MR) is 141 cm³/mol. The Kier molecular flexibility index (Phi) is 9.58. The number of hydrogen-bond acceptors (Lipinski definition) is 5. The molecule has 0 saturated heterocycles. The van der Waals surface area contributed by atoms with Crippen molar-refractivity contribution in [3.63, 3.8) is 0 Å². The highest BCUT2D eigenvalue weighted by Crippen LogP contribution is 2.33. The first kappa shape index (κ1) is 26.2. The number of ether oxygens (including phenoxy) is 1. The van der Waals surface area contributed by atoms with Gasteiger partial charge in [0.1, 0.15) is 23.0 Å². The Morgan fingerprint density at radius 3 is 2.53 bits per heavy atom. The highest BCUT2D eigenvalue weighted by Gasteiger charge is 2.15. The molecular weight excluding hydrogens is 513 g/mol. The Morgan fingerprint density at radius 1 is 1.06 bits per heavy atom. The van der Waals surface area contributed by atoms with E-state index in [2.05, 4.69) is 45.0 Å². The number of likely N-dealkylation sites (N-methyl/N-ethyl adjacent to an activating group) is 1. The Balaban J connectivity index is 0.00000181. The van der Waals surface area contributed by atoms with Crippen molar-refractivity contribution in [2.24, 2.45) is 0 Å². The van der Waals surface area contributed by atoms with Gasteiger partial charge in [-0.1, -0.05) is 35.8 Å². The van der Waals surface area contributed by atoms with Crippen LogP contribution in [0.1, 0.15) is 19.7 Å². The second-order valence-corrected chi connectivity index (χ2v) is 8.08. The summed E-state index contributed by atoms with van der Waals surface area (Å²) in [6, 6.07) is 14.1. The number of nitrogens with one attached hydrogen (secondary N) is 2. The Labute approximate surface area is 209 Å². The van der Waals surface area contributed by atoms with Crippen molar-refractivity contribution in [2.75, 3.05) is 32.1 Å². The summed E-state index contributed by atoms with van der Waals surface area (Å²) in [4.78, 5) is 15.6. The van der Waals surface area contributed by atoms with Gasteiger partial charge in [0.05, 0.1) is 12.5 Å². The highest BCUT2D eigenvalue weighted by molar-refractivity contribution is 9.10. The molecule has 2 aromatic heterocycles. The van der Waals surface area contributed by atoms with E-state index in [1.54, 1.807) is 7.11 Å². The summed E-state index contributed by atoms with van der Waals surface area (Å²) < 4.78 is 6.46. The van der Waals surface area contributed by atoms with E-state index in [1.165, 1.54) is 0 Å². The van der Waals surface area contributed by atoms with Crippen LogP contribution in [0.15, 0.2) is 46.9 Å². The van der Waals surface area contributed by atoms with Gasteiger partial charge in [-0.2, -0.15) is 0 Å². The minimum Gasteiger partial charge on any atom is -0.497 e. The molecule has 4 rings (SSSR count). The molecule has 0 radical (unpaired) electrons. The molecule has 6 nitrogen and oxygen atoms in total. The van der Waals surface area contributed by atoms with Gasteiger partial charge in [0, 0.05) is 34.0 Å². The Hall–Kier alpha value is -2.06. The summed E-state index contributed by atoms with van der Waals surface area (Å²) in [6.45, 7) is 7.34. The SMILES string of the molecule is CCN(CC)CCc1nc(Nc2cccc(Br)c2)c2c(n1)[nH]c1ccc(OC)cc12.Cl.Cl. The van der Waals surface area contributed by atoms with E-state index in [4.69, 9.17) is 14.7 Å². The zero-order chi connectivity index (χ0) is 21.1. The lowest BCUT2D eigenvalue weighted by Gasteiger charge is -2.17. The number of halogens is 3. The fourth-order valence-electron chi connectivity index (χ4n) is 3.65. The van der Waals surface area contributed by atoms with Crippen molar-refractivity contribution < 1.29 is 4.74 Å². The zero-order valence-electron chi connectivity index (χ0n) is 18.3. The fraction of sp³-hybridized carbons (Fsp3) is 0.304. The van der Waals surface area contributed by atoms with Gasteiger partial charge in [0.15, 0.2) is 0 Å². The number of H-pyrrole nitrogens is 1. The summed E-state index contributed by atoms with van der Waals surface area (Å²) in [5.74, 6) is 2.43. The van der Waals surface area contributed by atoms with Crippen molar-refractivity contribution in [1.29, 1.82) is 0 Å². The number of anilines is 2. The maximum Gasteiger partial charge on any atom is 0.144 e. The normalized spacial score (nSPS) is 10.8. The van der Waals surface area contributed by atoms with Crippen molar-refractivity contribution in [3.8, 4) is 5.75 Å². The largest absolute Gasteiger partial charge is 0.497 e. The number of nitrogens with zero attached hydrogens (tertiary/aromatic N) is 3. The molecule has 172 valence electrons. The lowest BCUT2D eigenvalue weighted by atomic mass is 10.2. The van der Waals surface area contributed by atoms with E-state index in [1.807, 2.05) is 42.5 Å². The summed E-state index contributed by atoms with van der Waals surface area (Å²) in [6.07, 6.45) is 0.795. The number of hydrogen-bond donors (Lipinski definition) is 2. The van der Waals surface area contributed by atoms with Crippen LogP contribution in [0, 0.1) is 0 Å². The average molecular weight is 541 g/mol. The molecular formula is C23H28BrCl2N5O. The van der Waals surface area contributed by atoms with Crippen LogP contribution in [0.4, 0.5) is 11.5 Å². The molecule has 2 N–H and O–H groups in total. The second kappa shape index (κ2) is 11.7. The van der Waals surface area contributed by atoms with Gasteiger partial charge in [0.2, 0.25) is 0 Å². The molecule has 0 aliphatic rings. The van der Waals surface area contributed by atoms with Crippen molar-refractivity contribution >= 4 is 74.2 Å². The van der Waals surface area contributed by atoms with E-state index < -0.39 is 0 Å². The van der Waals surface area contributed by atoms with Crippen LogP contribution >= 0.6 is 40.7 Å². The number of benzene rings is 2. The van der Waals surface area contributed by atoms with Crippen molar-refractivity contribution in [2.45, 2.75) is 20.3 Å². The molecule has 0 aliphatic carbocycles. The fourth-order valence-corrected chi connectivity index (χ4v) is 4.05. The molecule has 2 heterocycles. The minimum atomic E-state index is 0. The van der Waals surface area contributed by atoms with Gasteiger partial charge in [-0.15, -0.1) is 24.8 Å². The van der Waals surface area contributed by atoms with E-state index >= 15 is 0 Å². The standard InChI is InChI=1S/C23H26BrN5O.2ClH/c1-4-29(5-2)12-11-20-27-22(25-16-8-6-7-15(24)13-16)21-18-14-17(30-3)9-10-19(18)26-23(21)28-20;;/h6-10,13-14H,4-5,11-12H2,1-3H3,(H2,25,26,27,28);2*1H. The van der Waals surface area contributed by atoms with Crippen LogP contribution in [0.2, 0.25) is 0 Å². The smallest absolute Gasteiger partial charge is 0.144 e. The van der Waals surface area contributed by atoms with E-state index in [-0.39, 0.29) is 24.8 Å². The molecule has 0 unspecified atom stereocenters. The maximum atomic E-state index is 5.44. The molecule has 0 bridgehead atoms. The van der Waals surface area contributed by atoms with Crippen LogP contribution in [-0.2, 0) is 6.42 Å². The Morgan fingerprint density at radius 2 is 1.84 bits per heavy atom. The maximum absolute atomic E-state index is 5.44. The molecule has 0 amide bonds. The van der Waals surface area contributed by atoms with Crippen LogP contribution in [0.5, 0.6) is 5.75 Å². The quantitative estimate of drug-likeness (QED) is 0.272. The molecule has 0 spiro atoms. The van der Waals surface area contributed by atoms with E-state index in [0.29, 0.717) is 0 Å². The van der Waals surface area contributed by atoms with E-state index in [0.717, 1.165) is 75.5 Å². The first-order valence-electron chi connectivity index (χ1n) is 10.2. The third-order valence-electron chi connectivity index (χ3n) is 5.34. The van der Waals surface area contributed by atoms with E-state index in [9.17, 15) is 0 Å².